The Hall–Kier alpha value is -1.29. The highest BCUT2D eigenvalue weighted by molar-refractivity contribution is 6.39. The number of nitrogen functional groups attached to an aromatic ring is 1. The minimum absolute atomic E-state index is 0.0484. The SMILES string of the molecule is Nc1c(Cl)cc(C(=O)Cc2cccc(F)c2Cl)cc1Cl. The molecule has 2 N–H and O–H groups in total. The van der Waals surface area contributed by atoms with Gasteiger partial charge in [0.25, 0.3) is 0 Å². The van der Waals surface area contributed by atoms with Gasteiger partial charge in [-0.3, -0.25) is 4.79 Å². The smallest absolute Gasteiger partial charge is 0.167 e. The van der Waals surface area contributed by atoms with Gasteiger partial charge in [0.2, 0.25) is 0 Å². The van der Waals surface area contributed by atoms with Crippen LogP contribution in [0.15, 0.2) is 30.3 Å². The van der Waals surface area contributed by atoms with Gasteiger partial charge in [0.1, 0.15) is 5.82 Å². The number of carbonyl (C=O) groups excluding carboxylic acids is 1. The van der Waals surface area contributed by atoms with E-state index < -0.39 is 5.82 Å². The topological polar surface area (TPSA) is 43.1 Å². The predicted octanol–water partition coefficient (Wildman–Crippen LogP) is 4.79. The van der Waals surface area contributed by atoms with Crippen LogP contribution in [0.5, 0.6) is 0 Å². The van der Waals surface area contributed by atoms with Crippen molar-refractivity contribution in [2.45, 2.75) is 6.42 Å². The summed E-state index contributed by atoms with van der Waals surface area (Å²) in [5.41, 5.74) is 6.52. The Morgan fingerprint density at radius 2 is 1.75 bits per heavy atom. The van der Waals surface area contributed by atoms with Gasteiger partial charge in [0, 0.05) is 12.0 Å². The van der Waals surface area contributed by atoms with Crippen LogP contribution in [-0.4, -0.2) is 5.78 Å². The lowest BCUT2D eigenvalue weighted by Gasteiger charge is -2.07. The summed E-state index contributed by atoms with van der Waals surface area (Å²) >= 11 is 17.6. The van der Waals surface area contributed by atoms with Crippen LogP contribution < -0.4 is 5.73 Å². The summed E-state index contributed by atoms with van der Waals surface area (Å²) in [6.45, 7) is 0. The van der Waals surface area contributed by atoms with Crippen LogP contribution in [0.25, 0.3) is 0 Å². The molecular weight excluding hydrogens is 324 g/mol. The zero-order valence-electron chi connectivity index (χ0n) is 10.1. The zero-order valence-corrected chi connectivity index (χ0v) is 12.4. The van der Waals surface area contributed by atoms with Gasteiger partial charge < -0.3 is 5.73 Å². The number of halogens is 4. The molecule has 0 aliphatic carbocycles. The Morgan fingerprint density at radius 1 is 1.15 bits per heavy atom. The number of anilines is 1. The van der Waals surface area contributed by atoms with E-state index in [-0.39, 0.29) is 33.0 Å². The molecule has 20 heavy (non-hydrogen) atoms. The van der Waals surface area contributed by atoms with E-state index in [1.807, 2.05) is 0 Å². The van der Waals surface area contributed by atoms with E-state index in [0.29, 0.717) is 11.1 Å². The third-order valence-electron chi connectivity index (χ3n) is 2.78. The van der Waals surface area contributed by atoms with Crippen LogP contribution in [0.3, 0.4) is 0 Å². The maximum atomic E-state index is 13.3. The zero-order chi connectivity index (χ0) is 14.9. The van der Waals surface area contributed by atoms with Gasteiger partial charge in [0.15, 0.2) is 5.78 Å². The van der Waals surface area contributed by atoms with Crippen LogP contribution in [0.4, 0.5) is 10.1 Å². The number of benzene rings is 2. The normalized spacial score (nSPS) is 10.6. The average Bonchev–Trinajstić information content (AvgIpc) is 2.40. The third kappa shape index (κ3) is 3.06. The molecule has 0 atom stereocenters. The van der Waals surface area contributed by atoms with Crippen molar-refractivity contribution in [2.75, 3.05) is 5.73 Å². The Balaban J connectivity index is 2.31. The van der Waals surface area contributed by atoms with E-state index in [1.165, 1.54) is 24.3 Å². The number of rotatable bonds is 3. The molecule has 2 rings (SSSR count). The summed E-state index contributed by atoms with van der Waals surface area (Å²) in [5, 5.41) is 0.339. The number of Topliss-reactive ketones (excluding diaryl/α,β-unsaturated/α-hetero) is 1. The van der Waals surface area contributed by atoms with Crippen LogP contribution in [-0.2, 0) is 6.42 Å². The average molecular weight is 333 g/mol. The van der Waals surface area contributed by atoms with Gasteiger partial charge in [-0.1, -0.05) is 46.9 Å². The van der Waals surface area contributed by atoms with Crippen molar-refractivity contribution in [1.82, 2.24) is 0 Å². The maximum Gasteiger partial charge on any atom is 0.167 e. The molecule has 2 aromatic carbocycles. The molecule has 0 saturated heterocycles. The maximum absolute atomic E-state index is 13.3. The van der Waals surface area contributed by atoms with E-state index >= 15 is 0 Å². The monoisotopic (exact) mass is 331 g/mol. The lowest BCUT2D eigenvalue weighted by molar-refractivity contribution is 0.0993. The van der Waals surface area contributed by atoms with Crippen LogP contribution in [0.1, 0.15) is 15.9 Å². The van der Waals surface area contributed by atoms with E-state index in [0.717, 1.165) is 0 Å². The highest BCUT2D eigenvalue weighted by atomic mass is 35.5. The molecule has 0 aromatic heterocycles. The van der Waals surface area contributed by atoms with Gasteiger partial charge in [-0.25, -0.2) is 4.39 Å². The lowest BCUT2D eigenvalue weighted by atomic mass is 10.0. The molecule has 0 radical (unpaired) electrons. The molecular formula is C14H9Cl3FNO. The Bertz CT molecular complexity index is 665. The summed E-state index contributed by atoms with van der Waals surface area (Å²) in [7, 11) is 0. The van der Waals surface area contributed by atoms with E-state index in [9.17, 15) is 9.18 Å². The van der Waals surface area contributed by atoms with Gasteiger partial charge in [-0.05, 0) is 23.8 Å². The van der Waals surface area contributed by atoms with Crippen molar-refractivity contribution in [3.63, 3.8) is 0 Å². The fourth-order valence-electron chi connectivity index (χ4n) is 1.71. The molecule has 104 valence electrons. The Labute approximate surface area is 130 Å². The standard InChI is InChI=1S/C14H9Cl3FNO/c15-9-4-8(5-10(16)14(9)19)12(20)6-7-2-1-3-11(18)13(7)17/h1-5H,6,19H2. The number of hydrogen-bond donors (Lipinski definition) is 1. The number of carbonyl (C=O) groups is 1. The summed E-state index contributed by atoms with van der Waals surface area (Å²) in [4.78, 5) is 12.2. The molecule has 2 nitrogen and oxygen atoms in total. The second kappa shape index (κ2) is 6.00. The predicted molar refractivity (Wildman–Crippen MR) is 80.3 cm³/mol. The molecule has 0 unspecified atom stereocenters. The van der Waals surface area contributed by atoms with E-state index in [4.69, 9.17) is 40.5 Å². The summed E-state index contributed by atoms with van der Waals surface area (Å²) in [6.07, 6.45) is -0.0484. The summed E-state index contributed by atoms with van der Waals surface area (Å²) in [5.74, 6) is -0.841. The van der Waals surface area contributed by atoms with Crippen molar-refractivity contribution in [1.29, 1.82) is 0 Å². The first kappa shape index (κ1) is 15.1. The van der Waals surface area contributed by atoms with Crippen molar-refractivity contribution < 1.29 is 9.18 Å². The second-order valence-corrected chi connectivity index (χ2v) is 5.36. The van der Waals surface area contributed by atoms with Gasteiger partial charge in [0.05, 0.1) is 20.8 Å². The first-order valence-corrected chi connectivity index (χ1v) is 6.74. The highest BCUT2D eigenvalue weighted by Crippen LogP contribution is 2.30. The quantitative estimate of drug-likeness (QED) is 0.648. The van der Waals surface area contributed by atoms with Crippen LogP contribution >= 0.6 is 34.8 Å². The van der Waals surface area contributed by atoms with Crippen molar-refractivity contribution in [3.05, 3.63) is 62.3 Å². The van der Waals surface area contributed by atoms with E-state index in [1.54, 1.807) is 6.07 Å². The van der Waals surface area contributed by atoms with Crippen LogP contribution in [0, 0.1) is 5.82 Å². The van der Waals surface area contributed by atoms with Gasteiger partial charge in [-0.2, -0.15) is 0 Å². The summed E-state index contributed by atoms with van der Waals surface area (Å²) in [6, 6.07) is 7.17. The van der Waals surface area contributed by atoms with Gasteiger partial charge in [-0.15, -0.1) is 0 Å². The minimum Gasteiger partial charge on any atom is -0.396 e. The molecule has 0 amide bonds. The minimum atomic E-state index is -0.565. The Kier molecular flexibility index (Phi) is 4.53. The van der Waals surface area contributed by atoms with Crippen molar-refractivity contribution in [3.8, 4) is 0 Å². The molecule has 0 saturated carbocycles. The third-order valence-corrected chi connectivity index (χ3v) is 3.83. The summed E-state index contributed by atoms with van der Waals surface area (Å²) < 4.78 is 13.3. The first-order valence-electron chi connectivity index (χ1n) is 5.60. The molecule has 0 fully saturated rings. The molecule has 0 spiro atoms. The molecule has 0 aliphatic heterocycles. The number of hydrogen-bond acceptors (Lipinski definition) is 2. The number of ketones is 1. The fraction of sp³-hybridized carbons (Fsp3) is 0.0714. The molecule has 0 aliphatic rings. The molecule has 0 bridgehead atoms. The second-order valence-electron chi connectivity index (χ2n) is 4.17. The van der Waals surface area contributed by atoms with Gasteiger partial charge >= 0.3 is 0 Å². The van der Waals surface area contributed by atoms with E-state index in [2.05, 4.69) is 0 Å². The molecule has 0 heterocycles. The molecule has 6 heteroatoms. The van der Waals surface area contributed by atoms with Crippen LogP contribution in [0.2, 0.25) is 15.1 Å². The molecule has 2 aromatic rings. The lowest BCUT2D eigenvalue weighted by Crippen LogP contribution is -2.05. The van der Waals surface area contributed by atoms with Crippen molar-refractivity contribution >= 4 is 46.3 Å². The fourth-order valence-corrected chi connectivity index (χ4v) is 2.39. The Morgan fingerprint density at radius 3 is 2.35 bits per heavy atom. The number of nitrogens with two attached hydrogens (primary N) is 1. The first-order chi connectivity index (χ1) is 9.40. The van der Waals surface area contributed by atoms with Crippen molar-refractivity contribution in [2.24, 2.45) is 0 Å². The highest BCUT2D eigenvalue weighted by Gasteiger charge is 2.14. The largest absolute Gasteiger partial charge is 0.396 e.